The van der Waals surface area contributed by atoms with Gasteiger partial charge in [-0.25, -0.2) is 0 Å². The lowest BCUT2D eigenvalue weighted by molar-refractivity contribution is -0.124. The summed E-state index contributed by atoms with van der Waals surface area (Å²) in [5, 5.41) is 6.40. The van der Waals surface area contributed by atoms with Crippen molar-refractivity contribution in [1.29, 1.82) is 0 Å². The van der Waals surface area contributed by atoms with Gasteiger partial charge in [-0.2, -0.15) is 0 Å². The van der Waals surface area contributed by atoms with Crippen LogP contribution in [0.5, 0.6) is 0 Å². The lowest BCUT2D eigenvalue weighted by Gasteiger charge is -2.34. The molecule has 2 heterocycles. The zero-order valence-electron chi connectivity index (χ0n) is 16.9. The van der Waals surface area contributed by atoms with E-state index in [-0.39, 0.29) is 12.0 Å². The van der Waals surface area contributed by atoms with Gasteiger partial charge in [0, 0.05) is 45.6 Å². The van der Waals surface area contributed by atoms with Crippen molar-refractivity contribution in [2.24, 2.45) is 4.99 Å². The minimum atomic E-state index is -0.319. The number of piperidine rings is 1. The number of likely N-dealkylation sites (tertiary alicyclic amines) is 1. The Bertz CT molecular complexity index is 665. The molecule has 1 amide bonds. The fourth-order valence-corrected chi connectivity index (χ4v) is 3.75. The highest BCUT2D eigenvalue weighted by atomic mass is 16.5. The van der Waals surface area contributed by atoms with Crippen LogP contribution in [0.1, 0.15) is 38.2 Å². The van der Waals surface area contributed by atoms with Gasteiger partial charge < -0.3 is 25.0 Å². The van der Waals surface area contributed by atoms with Crippen molar-refractivity contribution >= 4 is 17.6 Å². The highest BCUT2D eigenvalue weighted by Crippen LogP contribution is 2.17. The van der Waals surface area contributed by atoms with E-state index in [1.165, 1.54) is 0 Å². The average molecular weight is 389 g/mol. The third-order valence-corrected chi connectivity index (χ3v) is 5.22. The van der Waals surface area contributed by atoms with Gasteiger partial charge in [0.2, 0.25) is 0 Å². The molecular formula is C21H32N4O3. The Morgan fingerprint density at radius 3 is 2.82 bits per heavy atom. The molecule has 0 aromatic heterocycles. The highest BCUT2D eigenvalue weighted by Gasteiger charge is 2.24. The standard InChI is InChI=1S/C21H32N4O3/c1-3-27-18-9-11-25(12-10-18)21(22-2)23-15-16-6-4-7-17(14-16)24-20(26)19-8-5-13-28-19/h4,6-7,14,18-19H,3,5,8-13,15H2,1-2H3,(H,22,23)(H,24,26). The normalized spacial score (nSPS) is 21.0. The van der Waals surface area contributed by atoms with Gasteiger partial charge in [-0.1, -0.05) is 12.1 Å². The Morgan fingerprint density at radius 2 is 2.14 bits per heavy atom. The van der Waals surface area contributed by atoms with Crippen molar-refractivity contribution in [3.8, 4) is 0 Å². The molecule has 0 saturated carbocycles. The van der Waals surface area contributed by atoms with Crippen molar-refractivity contribution in [1.82, 2.24) is 10.2 Å². The van der Waals surface area contributed by atoms with E-state index in [0.29, 0.717) is 19.3 Å². The van der Waals surface area contributed by atoms with Crippen LogP contribution in [-0.2, 0) is 20.8 Å². The van der Waals surface area contributed by atoms with Crippen LogP contribution in [0.2, 0.25) is 0 Å². The molecule has 2 aliphatic rings. The number of anilines is 1. The number of nitrogens with zero attached hydrogens (tertiary/aromatic N) is 2. The smallest absolute Gasteiger partial charge is 0.253 e. The van der Waals surface area contributed by atoms with E-state index in [2.05, 4.69) is 20.5 Å². The maximum absolute atomic E-state index is 12.2. The largest absolute Gasteiger partial charge is 0.378 e. The van der Waals surface area contributed by atoms with Gasteiger partial charge in [0.05, 0.1) is 6.10 Å². The number of carbonyl (C=O) groups is 1. The first kappa shape index (κ1) is 20.6. The average Bonchev–Trinajstić information content (AvgIpc) is 3.25. The highest BCUT2D eigenvalue weighted by molar-refractivity contribution is 5.94. The molecule has 2 N–H and O–H groups in total. The molecule has 1 aromatic carbocycles. The number of aliphatic imine (C=N–C) groups is 1. The second-order valence-electron chi connectivity index (χ2n) is 7.23. The lowest BCUT2D eigenvalue weighted by Crippen LogP contribution is -2.46. The van der Waals surface area contributed by atoms with Crippen molar-refractivity contribution in [3.63, 3.8) is 0 Å². The van der Waals surface area contributed by atoms with Gasteiger partial charge in [-0.05, 0) is 50.3 Å². The minimum Gasteiger partial charge on any atom is -0.378 e. The van der Waals surface area contributed by atoms with E-state index in [1.807, 2.05) is 38.2 Å². The SMILES string of the molecule is CCOC1CCN(C(=NC)NCc2cccc(NC(=O)C3CCCO3)c2)CC1. The molecule has 3 rings (SSSR count). The number of nitrogens with one attached hydrogen (secondary N) is 2. The van der Waals surface area contributed by atoms with Crippen LogP contribution in [0.4, 0.5) is 5.69 Å². The number of hydrogen-bond donors (Lipinski definition) is 2. The Morgan fingerprint density at radius 1 is 1.32 bits per heavy atom. The maximum atomic E-state index is 12.2. The predicted octanol–water partition coefficient (Wildman–Crippen LogP) is 2.38. The molecular weight excluding hydrogens is 356 g/mol. The number of benzene rings is 1. The molecule has 2 fully saturated rings. The second kappa shape index (κ2) is 10.4. The number of guanidine groups is 1. The maximum Gasteiger partial charge on any atom is 0.253 e. The van der Waals surface area contributed by atoms with Gasteiger partial charge in [0.15, 0.2) is 5.96 Å². The first-order chi connectivity index (χ1) is 13.7. The molecule has 1 unspecified atom stereocenters. The summed E-state index contributed by atoms with van der Waals surface area (Å²) in [6.07, 6.45) is 3.84. The van der Waals surface area contributed by atoms with Gasteiger partial charge in [0.1, 0.15) is 6.10 Å². The molecule has 28 heavy (non-hydrogen) atoms. The fraction of sp³-hybridized carbons (Fsp3) is 0.619. The summed E-state index contributed by atoms with van der Waals surface area (Å²) in [6, 6.07) is 7.90. The molecule has 0 spiro atoms. The predicted molar refractivity (Wildman–Crippen MR) is 110 cm³/mol. The zero-order valence-corrected chi connectivity index (χ0v) is 16.9. The fourth-order valence-electron chi connectivity index (χ4n) is 3.75. The Kier molecular flexibility index (Phi) is 7.68. The van der Waals surface area contributed by atoms with Crippen molar-refractivity contribution < 1.29 is 14.3 Å². The summed E-state index contributed by atoms with van der Waals surface area (Å²) in [4.78, 5) is 18.9. The second-order valence-corrected chi connectivity index (χ2v) is 7.23. The van der Waals surface area contributed by atoms with Gasteiger partial charge in [-0.3, -0.25) is 9.79 Å². The molecule has 2 saturated heterocycles. The van der Waals surface area contributed by atoms with Crippen molar-refractivity contribution in [2.75, 3.05) is 38.7 Å². The number of rotatable bonds is 6. The van der Waals surface area contributed by atoms with Crippen LogP contribution in [0.25, 0.3) is 0 Å². The van der Waals surface area contributed by atoms with Crippen molar-refractivity contribution in [3.05, 3.63) is 29.8 Å². The van der Waals surface area contributed by atoms with Gasteiger partial charge in [-0.15, -0.1) is 0 Å². The number of carbonyl (C=O) groups excluding carboxylic acids is 1. The Hall–Kier alpha value is -2.12. The molecule has 7 nitrogen and oxygen atoms in total. The minimum absolute atomic E-state index is 0.0596. The van der Waals surface area contributed by atoms with Crippen LogP contribution in [0.15, 0.2) is 29.3 Å². The molecule has 1 atom stereocenters. The van der Waals surface area contributed by atoms with E-state index >= 15 is 0 Å². The molecule has 0 aliphatic carbocycles. The monoisotopic (exact) mass is 388 g/mol. The number of amides is 1. The van der Waals surface area contributed by atoms with E-state index in [0.717, 1.165) is 62.6 Å². The third kappa shape index (κ3) is 5.69. The Balaban J connectivity index is 1.50. The Labute approximate surface area is 167 Å². The first-order valence-corrected chi connectivity index (χ1v) is 10.3. The summed E-state index contributed by atoms with van der Waals surface area (Å²) >= 11 is 0. The molecule has 7 heteroatoms. The topological polar surface area (TPSA) is 75.2 Å². The van der Waals surface area contributed by atoms with Gasteiger partial charge >= 0.3 is 0 Å². The number of hydrogen-bond acceptors (Lipinski definition) is 4. The van der Waals surface area contributed by atoms with Crippen LogP contribution < -0.4 is 10.6 Å². The summed E-state index contributed by atoms with van der Waals surface area (Å²) in [5.41, 5.74) is 1.89. The molecule has 2 aliphatic heterocycles. The van der Waals surface area contributed by atoms with E-state index in [4.69, 9.17) is 9.47 Å². The summed E-state index contributed by atoms with van der Waals surface area (Å²) in [6.45, 7) is 6.04. The summed E-state index contributed by atoms with van der Waals surface area (Å²) < 4.78 is 11.2. The quantitative estimate of drug-likeness (QED) is 0.578. The van der Waals surface area contributed by atoms with E-state index in [1.54, 1.807) is 0 Å². The molecule has 1 aromatic rings. The summed E-state index contributed by atoms with van der Waals surface area (Å²) in [5.74, 6) is 0.847. The van der Waals surface area contributed by atoms with E-state index < -0.39 is 0 Å². The number of ether oxygens (including phenoxy) is 2. The third-order valence-electron chi connectivity index (χ3n) is 5.22. The molecule has 0 bridgehead atoms. The molecule has 0 radical (unpaired) electrons. The van der Waals surface area contributed by atoms with Crippen LogP contribution >= 0.6 is 0 Å². The van der Waals surface area contributed by atoms with Crippen LogP contribution in [0.3, 0.4) is 0 Å². The van der Waals surface area contributed by atoms with Gasteiger partial charge in [0.25, 0.3) is 5.91 Å². The van der Waals surface area contributed by atoms with Crippen molar-refractivity contribution in [2.45, 2.75) is 51.4 Å². The van der Waals surface area contributed by atoms with E-state index in [9.17, 15) is 4.79 Å². The first-order valence-electron chi connectivity index (χ1n) is 10.3. The zero-order chi connectivity index (χ0) is 19.8. The molecule has 154 valence electrons. The van der Waals surface area contributed by atoms with Crippen LogP contribution in [-0.4, -0.2) is 62.3 Å². The lowest BCUT2D eigenvalue weighted by atomic mass is 10.1. The summed E-state index contributed by atoms with van der Waals surface area (Å²) in [7, 11) is 1.81. The van der Waals surface area contributed by atoms with Crippen LogP contribution in [0, 0.1) is 0 Å².